The number of rotatable bonds is 1. The van der Waals surface area contributed by atoms with Crippen LogP contribution in [0.15, 0.2) is 30.3 Å². The predicted octanol–water partition coefficient (Wildman–Crippen LogP) is -1.52. The van der Waals surface area contributed by atoms with Gasteiger partial charge in [0.1, 0.15) is 6.04 Å². The molecule has 72 valence electrons. The summed E-state index contributed by atoms with van der Waals surface area (Å²) in [4.78, 5) is 0. The van der Waals surface area contributed by atoms with Crippen molar-refractivity contribution in [3.05, 3.63) is 35.9 Å². The number of nitrogens with two attached hydrogens (primary N) is 1. The van der Waals surface area contributed by atoms with E-state index in [0.29, 0.717) is 0 Å². The second-order valence-corrected chi connectivity index (χ2v) is 3.76. The summed E-state index contributed by atoms with van der Waals surface area (Å²) in [5.41, 5.74) is 1.49. The quantitative estimate of drug-likeness (QED) is 0.563. The van der Waals surface area contributed by atoms with E-state index in [0.717, 1.165) is 12.1 Å². The van der Waals surface area contributed by atoms with Crippen LogP contribution in [-0.4, -0.2) is 6.04 Å². The first kappa shape index (κ1) is 10.6. The van der Waals surface area contributed by atoms with E-state index in [2.05, 4.69) is 42.6 Å². The van der Waals surface area contributed by atoms with Gasteiger partial charge in [-0.15, -0.1) is 0 Å². The Morgan fingerprint density at radius 1 is 1.15 bits per heavy atom. The molecule has 0 amide bonds. The number of benzene rings is 1. The molecule has 1 saturated heterocycles. The number of quaternary nitrogens is 1. The highest BCUT2D eigenvalue weighted by Gasteiger charge is 2.25. The molecule has 1 aliphatic rings. The molecule has 0 bridgehead atoms. The average Bonchev–Trinajstić information content (AvgIpc) is 2.54. The van der Waals surface area contributed by atoms with Gasteiger partial charge < -0.3 is 17.7 Å². The smallest absolute Gasteiger partial charge is 0.112 e. The first-order valence-corrected chi connectivity index (χ1v) is 4.76. The van der Waals surface area contributed by atoms with E-state index in [1.165, 1.54) is 18.4 Å². The third-order valence-corrected chi connectivity index (χ3v) is 2.72. The van der Waals surface area contributed by atoms with Crippen LogP contribution < -0.4 is 17.7 Å². The Morgan fingerprint density at radius 3 is 2.38 bits per heavy atom. The highest BCUT2D eigenvalue weighted by Crippen LogP contribution is 2.18. The Hall–Kier alpha value is -0.530. The summed E-state index contributed by atoms with van der Waals surface area (Å²) in [5.74, 6) is 0. The van der Waals surface area contributed by atoms with Gasteiger partial charge in [-0.3, -0.25) is 0 Å². The molecular weight excluding hydrogens is 182 g/mol. The largest absolute Gasteiger partial charge is 1.00 e. The maximum atomic E-state index is 2.48. The molecule has 1 nitrogen and oxygen atoms in total. The third kappa shape index (κ3) is 2.45. The van der Waals surface area contributed by atoms with Gasteiger partial charge in [-0.25, -0.2) is 0 Å². The second-order valence-electron chi connectivity index (χ2n) is 3.76. The summed E-state index contributed by atoms with van der Waals surface area (Å²) in [7, 11) is 0. The highest BCUT2D eigenvalue weighted by atomic mass is 35.5. The number of halogens is 1. The van der Waals surface area contributed by atoms with Gasteiger partial charge in [0.15, 0.2) is 0 Å². The van der Waals surface area contributed by atoms with Gasteiger partial charge in [0, 0.05) is 18.4 Å². The van der Waals surface area contributed by atoms with Crippen molar-refractivity contribution in [3.63, 3.8) is 0 Å². The molecule has 0 spiro atoms. The summed E-state index contributed by atoms with van der Waals surface area (Å²) >= 11 is 0. The van der Waals surface area contributed by atoms with E-state index in [-0.39, 0.29) is 12.4 Å². The van der Waals surface area contributed by atoms with Crippen molar-refractivity contribution >= 4 is 0 Å². The van der Waals surface area contributed by atoms with Gasteiger partial charge in [-0.1, -0.05) is 30.3 Å². The summed E-state index contributed by atoms with van der Waals surface area (Å²) in [6.07, 6.45) is 2.70. The first-order chi connectivity index (χ1) is 5.86. The lowest BCUT2D eigenvalue weighted by Gasteiger charge is -2.07. The summed E-state index contributed by atoms with van der Waals surface area (Å²) < 4.78 is 0. The first-order valence-electron chi connectivity index (χ1n) is 4.76. The normalized spacial score (nSPS) is 26.8. The Morgan fingerprint density at radius 2 is 1.85 bits per heavy atom. The van der Waals surface area contributed by atoms with Crippen LogP contribution in [0, 0.1) is 0 Å². The molecule has 0 unspecified atom stereocenters. The van der Waals surface area contributed by atoms with Crippen LogP contribution in [0.4, 0.5) is 0 Å². The van der Waals surface area contributed by atoms with E-state index < -0.39 is 0 Å². The molecule has 1 aromatic rings. The fourth-order valence-electron chi connectivity index (χ4n) is 2.01. The van der Waals surface area contributed by atoms with E-state index in [1.807, 2.05) is 0 Å². The average molecular weight is 198 g/mol. The SMILES string of the molecule is C[C@@H]1CC[C@@H](c2ccccc2)[NH2+]1.[Cl-]. The van der Waals surface area contributed by atoms with E-state index in [1.54, 1.807) is 0 Å². The minimum atomic E-state index is 0. The van der Waals surface area contributed by atoms with E-state index in [4.69, 9.17) is 0 Å². The van der Waals surface area contributed by atoms with Crippen LogP contribution >= 0.6 is 0 Å². The van der Waals surface area contributed by atoms with Crippen LogP contribution in [-0.2, 0) is 0 Å². The zero-order valence-electron chi connectivity index (χ0n) is 7.91. The van der Waals surface area contributed by atoms with Crippen molar-refractivity contribution in [3.8, 4) is 0 Å². The van der Waals surface area contributed by atoms with Crippen molar-refractivity contribution in [1.29, 1.82) is 0 Å². The van der Waals surface area contributed by atoms with Gasteiger partial charge in [0.2, 0.25) is 0 Å². The van der Waals surface area contributed by atoms with Crippen LogP contribution in [0.3, 0.4) is 0 Å². The standard InChI is InChI=1S/C11H15N.ClH/c1-9-7-8-11(12-9)10-5-3-2-4-6-10;/h2-6,9,11-12H,7-8H2,1H3;1H/t9-,11+;/m1./s1. The van der Waals surface area contributed by atoms with Gasteiger partial charge in [0.25, 0.3) is 0 Å². The Kier molecular flexibility index (Phi) is 3.76. The van der Waals surface area contributed by atoms with Gasteiger partial charge in [0.05, 0.1) is 6.04 Å². The monoisotopic (exact) mass is 197 g/mol. The van der Waals surface area contributed by atoms with Crippen LogP contribution in [0.2, 0.25) is 0 Å². The van der Waals surface area contributed by atoms with Crippen molar-refractivity contribution < 1.29 is 17.7 Å². The topological polar surface area (TPSA) is 16.6 Å². The molecule has 13 heavy (non-hydrogen) atoms. The number of hydrogen-bond acceptors (Lipinski definition) is 0. The lowest BCUT2D eigenvalue weighted by atomic mass is 10.1. The molecule has 2 N–H and O–H groups in total. The molecule has 1 fully saturated rings. The predicted molar refractivity (Wildman–Crippen MR) is 49.8 cm³/mol. The van der Waals surface area contributed by atoms with Crippen LogP contribution in [0.25, 0.3) is 0 Å². The molecule has 2 rings (SSSR count). The summed E-state index contributed by atoms with van der Waals surface area (Å²) in [5, 5.41) is 2.48. The molecular formula is C11H16ClN. The van der Waals surface area contributed by atoms with Crippen molar-refractivity contribution in [2.24, 2.45) is 0 Å². The van der Waals surface area contributed by atoms with Crippen LogP contribution in [0.5, 0.6) is 0 Å². The highest BCUT2D eigenvalue weighted by molar-refractivity contribution is 5.17. The maximum absolute atomic E-state index is 2.48. The summed E-state index contributed by atoms with van der Waals surface area (Å²) in [6, 6.07) is 12.4. The molecule has 1 aliphatic heterocycles. The molecule has 0 radical (unpaired) electrons. The molecule has 2 heteroatoms. The Bertz CT molecular complexity index is 248. The molecule has 1 heterocycles. The number of hydrogen-bond donors (Lipinski definition) is 1. The lowest BCUT2D eigenvalue weighted by molar-refractivity contribution is -0.704. The fourth-order valence-corrected chi connectivity index (χ4v) is 2.01. The van der Waals surface area contributed by atoms with Crippen molar-refractivity contribution in [2.75, 3.05) is 0 Å². The van der Waals surface area contributed by atoms with E-state index in [9.17, 15) is 0 Å². The van der Waals surface area contributed by atoms with Crippen molar-refractivity contribution in [1.82, 2.24) is 0 Å². The molecule has 1 aromatic carbocycles. The van der Waals surface area contributed by atoms with Crippen molar-refractivity contribution in [2.45, 2.75) is 31.8 Å². The lowest BCUT2D eigenvalue weighted by Crippen LogP contribution is -3.00. The van der Waals surface area contributed by atoms with Gasteiger partial charge in [-0.2, -0.15) is 0 Å². The van der Waals surface area contributed by atoms with Gasteiger partial charge >= 0.3 is 0 Å². The molecule has 0 saturated carbocycles. The zero-order chi connectivity index (χ0) is 8.39. The Balaban J connectivity index is 0.000000845. The molecule has 2 atom stereocenters. The maximum Gasteiger partial charge on any atom is 0.112 e. The second kappa shape index (κ2) is 4.64. The fraction of sp³-hybridized carbons (Fsp3) is 0.455. The van der Waals surface area contributed by atoms with Gasteiger partial charge in [-0.05, 0) is 6.92 Å². The molecule has 0 aromatic heterocycles. The summed E-state index contributed by atoms with van der Waals surface area (Å²) in [6.45, 7) is 2.31. The Labute approximate surface area is 86.0 Å². The van der Waals surface area contributed by atoms with Crippen LogP contribution in [0.1, 0.15) is 31.4 Å². The minimum absolute atomic E-state index is 0. The van der Waals surface area contributed by atoms with E-state index >= 15 is 0 Å². The zero-order valence-corrected chi connectivity index (χ0v) is 8.67. The minimum Gasteiger partial charge on any atom is -1.00 e. The molecule has 0 aliphatic carbocycles. The third-order valence-electron chi connectivity index (χ3n) is 2.72.